The maximum atomic E-state index is 11.6. The molecule has 0 fully saturated rings. The fourth-order valence-corrected chi connectivity index (χ4v) is 4.32. The van der Waals surface area contributed by atoms with Crippen LogP contribution in [-0.4, -0.2) is 18.8 Å². The summed E-state index contributed by atoms with van der Waals surface area (Å²) >= 11 is 1.14. The van der Waals surface area contributed by atoms with Gasteiger partial charge in [-0.05, 0) is 23.8 Å². The summed E-state index contributed by atoms with van der Waals surface area (Å²) in [4.78, 5) is 26.4. The fraction of sp³-hybridized carbons (Fsp3) is 0.0952. The number of benzene rings is 3. The Morgan fingerprint density at radius 3 is 2.33 bits per heavy atom. The molecule has 8 nitrogen and oxygen atoms in total. The number of imidazole rings is 1. The van der Waals surface area contributed by atoms with Crippen LogP contribution in [0, 0.1) is 20.2 Å². The van der Waals surface area contributed by atoms with Crippen LogP contribution in [0.25, 0.3) is 11.0 Å². The summed E-state index contributed by atoms with van der Waals surface area (Å²) in [5.41, 5.74) is 2.01. The molecule has 1 heterocycles. The number of hydrogen-bond donors (Lipinski definition) is 0. The van der Waals surface area contributed by atoms with Gasteiger partial charge in [0.2, 0.25) is 0 Å². The first kappa shape index (κ1) is 19.6. The molecule has 1 atom stereocenters. The van der Waals surface area contributed by atoms with Crippen LogP contribution in [0.4, 0.5) is 11.4 Å². The molecule has 0 spiro atoms. The van der Waals surface area contributed by atoms with E-state index in [-0.39, 0.29) is 17.3 Å². The van der Waals surface area contributed by atoms with Crippen molar-refractivity contribution in [1.29, 1.82) is 0 Å². The van der Waals surface area contributed by atoms with E-state index < -0.39 is 9.85 Å². The van der Waals surface area contributed by atoms with Gasteiger partial charge in [-0.1, -0.05) is 49.4 Å². The Kier molecular flexibility index (Phi) is 5.20. The highest BCUT2D eigenvalue weighted by atomic mass is 32.2. The predicted octanol–water partition coefficient (Wildman–Crippen LogP) is 5.56. The summed E-state index contributed by atoms with van der Waals surface area (Å²) in [5.74, 6) is 0.670. The molecule has 9 heteroatoms. The summed E-state index contributed by atoms with van der Waals surface area (Å²) in [5, 5.41) is 22.6. The third kappa shape index (κ3) is 3.62. The van der Waals surface area contributed by atoms with Gasteiger partial charge in [0.15, 0.2) is 0 Å². The second kappa shape index (κ2) is 7.96. The molecule has 0 aliphatic carbocycles. The van der Waals surface area contributed by atoms with Crippen molar-refractivity contribution in [2.45, 2.75) is 17.7 Å². The number of aromatic nitrogens is 2. The number of nitrogens with zero attached hydrogens (tertiary/aromatic N) is 4. The number of rotatable bonds is 6. The van der Waals surface area contributed by atoms with E-state index in [9.17, 15) is 20.2 Å². The minimum atomic E-state index is -0.642. The van der Waals surface area contributed by atoms with Crippen LogP contribution in [0.3, 0.4) is 0 Å². The molecule has 0 aliphatic heterocycles. The SMILES string of the molecule is CC(c1ccccc1)c1nc2ccccc2n1Sc1ccc([N+](=O)[O-])cc1[N+](=O)[O-]. The van der Waals surface area contributed by atoms with Crippen LogP contribution in [-0.2, 0) is 0 Å². The number of nitro benzene ring substituents is 2. The van der Waals surface area contributed by atoms with Crippen LogP contribution in [0.1, 0.15) is 24.2 Å². The molecule has 3 aromatic carbocycles. The van der Waals surface area contributed by atoms with Crippen molar-refractivity contribution >= 4 is 34.4 Å². The number of non-ortho nitro benzene ring substituents is 1. The molecule has 1 unspecified atom stereocenters. The molecular formula is C21H16N4O4S. The van der Waals surface area contributed by atoms with Gasteiger partial charge in [-0.15, -0.1) is 0 Å². The molecule has 0 radical (unpaired) electrons. The zero-order valence-corrected chi connectivity index (χ0v) is 16.7. The van der Waals surface area contributed by atoms with Crippen molar-refractivity contribution < 1.29 is 9.85 Å². The summed E-state index contributed by atoms with van der Waals surface area (Å²) < 4.78 is 1.86. The normalized spacial score (nSPS) is 12.0. The van der Waals surface area contributed by atoms with Crippen molar-refractivity contribution in [3.63, 3.8) is 0 Å². The predicted molar refractivity (Wildman–Crippen MR) is 115 cm³/mol. The van der Waals surface area contributed by atoms with Crippen molar-refractivity contribution in [1.82, 2.24) is 8.96 Å². The minimum absolute atomic E-state index is 0.0665. The van der Waals surface area contributed by atoms with Crippen molar-refractivity contribution in [3.8, 4) is 0 Å². The van der Waals surface area contributed by atoms with E-state index in [1.54, 1.807) is 0 Å². The van der Waals surface area contributed by atoms with E-state index in [0.717, 1.165) is 40.4 Å². The Hall–Kier alpha value is -3.72. The molecule has 0 N–H and O–H groups in total. The second-order valence-corrected chi connectivity index (χ2v) is 7.63. The van der Waals surface area contributed by atoms with Crippen molar-refractivity contribution in [2.75, 3.05) is 0 Å². The van der Waals surface area contributed by atoms with E-state index in [4.69, 9.17) is 4.98 Å². The summed E-state index contributed by atoms with van der Waals surface area (Å²) in [6.45, 7) is 2.03. The van der Waals surface area contributed by atoms with Crippen LogP contribution in [0.15, 0.2) is 77.7 Å². The monoisotopic (exact) mass is 420 g/mol. The Morgan fingerprint density at radius 2 is 1.63 bits per heavy atom. The maximum absolute atomic E-state index is 11.6. The first-order chi connectivity index (χ1) is 14.5. The Morgan fingerprint density at radius 1 is 0.933 bits per heavy atom. The van der Waals surface area contributed by atoms with Gasteiger partial charge < -0.3 is 0 Å². The third-order valence-corrected chi connectivity index (χ3v) is 5.88. The Bertz CT molecular complexity index is 1260. The number of para-hydroxylation sites is 2. The van der Waals surface area contributed by atoms with Crippen molar-refractivity contribution in [2.24, 2.45) is 0 Å². The molecular weight excluding hydrogens is 404 g/mol. The molecule has 150 valence electrons. The lowest BCUT2D eigenvalue weighted by Crippen LogP contribution is -2.04. The van der Waals surface area contributed by atoms with Gasteiger partial charge in [0, 0.05) is 23.9 Å². The number of fused-ring (bicyclic) bond motifs is 1. The minimum Gasteiger partial charge on any atom is -0.264 e. The van der Waals surface area contributed by atoms with E-state index in [0.29, 0.717) is 4.90 Å². The highest BCUT2D eigenvalue weighted by Gasteiger charge is 2.24. The smallest absolute Gasteiger partial charge is 0.264 e. The van der Waals surface area contributed by atoms with E-state index in [1.165, 1.54) is 12.1 Å². The molecule has 30 heavy (non-hydrogen) atoms. The molecule has 0 aliphatic rings. The molecule has 1 aromatic heterocycles. The fourth-order valence-electron chi connectivity index (χ4n) is 3.22. The zero-order valence-electron chi connectivity index (χ0n) is 15.8. The van der Waals surface area contributed by atoms with E-state index in [2.05, 4.69) is 0 Å². The highest BCUT2D eigenvalue weighted by molar-refractivity contribution is 7.98. The van der Waals surface area contributed by atoms with Crippen LogP contribution < -0.4 is 0 Å². The number of hydrogen-bond acceptors (Lipinski definition) is 6. The average Bonchev–Trinajstić information content (AvgIpc) is 3.12. The van der Waals surface area contributed by atoms with Gasteiger partial charge in [-0.2, -0.15) is 0 Å². The zero-order chi connectivity index (χ0) is 21.3. The molecule has 0 bridgehead atoms. The number of nitro groups is 2. The lowest BCUT2D eigenvalue weighted by atomic mass is 10.0. The molecule has 0 saturated heterocycles. The standard InChI is InChI=1S/C21H16N4O4S/c1-14(15-7-3-2-4-8-15)21-22-17-9-5-6-10-18(17)23(21)30-20-12-11-16(24(26)27)13-19(20)25(28)29/h2-14H,1H3. The first-order valence-electron chi connectivity index (χ1n) is 9.09. The van der Waals surface area contributed by atoms with Gasteiger partial charge in [-0.3, -0.25) is 24.2 Å². The van der Waals surface area contributed by atoms with Crippen LogP contribution in [0.2, 0.25) is 0 Å². The molecule has 0 saturated carbocycles. The van der Waals surface area contributed by atoms with Gasteiger partial charge >= 0.3 is 0 Å². The summed E-state index contributed by atoms with van der Waals surface area (Å²) in [7, 11) is 0. The molecule has 0 amide bonds. The van der Waals surface area contributed by atoms with Gasteiger partial charge in [0.05, 0.1) is 26.9 Å². The first-order valence-corrected chi connectivity index (χ1v) is 9.86. The van der Waals surface area contributed by atoms with E-state index in [1.807, 2.05) is 65.5 Å². The van der Waals surface area contributed by atoms with Crippen LogP contribution in [0.5, 0.6) is 0 Å². The maximum Gasteiger partial charge on any atom is 0.291 e. The lowest BCUT2D eigenvalue weighted by molar-refractivity contribution is -0.396. The average molecular weight is 420 g/mol. The molecule has 4 aromatic rings. The van der Waals surface area contributed by atoms with Crippen LogP contribution >= 0.6 is 11.9 Å². The Balaban J connectivity index is 1.85. The van der Waals surface area contributed by atoms with E-state index >= 15 is 0 Å². The topological polar surface area (TPSA) is 104 Å². The van der Waals surface area contributed by atoms with Gasteiger partial charge in [0.1, 0.15) is 10.7 Å². The van der Waals surface area contributed by atoms with Crippen molar-refractivity contribution in [3.05, 3.63) is 104 Å². The van der Waals surface area contributed by atoms with Gasteiger partial charge in [-0.25, -0.2) is 4.98 Å². The molecule has 4 rings (SSSR count). The quantitative estimate of drug-likeness (QED) is 0.299. The summed E-state index contributed by atoms with van der Waals surface area (Å²) in [6.07, 6.45) is 0. The Labute approximate surface area is 175 Å². The third-order valence-electron chi connectivity index (χ3n) is 4.77. The summed E-state index contributed by atoms with van der Waals surface area (Å²) in [6, 6.07) is 21.1. The van der Waals surface area contributed by atoms with Gasteiger partial charge in [0.25, 0.3) is 11.4 Å². The highest BCUT2D eigenvalue weighted by Crippen LogP contribution is 2.38. The second-order valence-electron chi connectivity index (χ2n) is 6.64. The lowest BCUT2D eigenvalue weighted by Gasteiger charge is -2.14. The largest absolute Gasteiger partial charge is 0.291 e.